The fourth-order valence-electron chi connectivity index (χ4n) is 1.75. The molecule has 1 N–H and O–H groups in total. The fraction of sp³-hybridized carbons (Fsp3) is 0.692. The van der Waals surface area contributed by atoms with Crippen molar-refractivity contribution >= 4 is 5.82 Å². The molecule has 1 rings (SSSR count). The highest BCUT2D eigenvalue weighted by Gasteiger charge is 2.16. The van der Waals surface area contributed by atoms with Gasteiger partial charge in [-0.1, -0.05) is 0 Å². The van der Waals surface area contributed by atoms with Gasteiger partial charge in [0.2, 0.25) is 5.75 Å². The Hall–Kier alpha value is -1.60. The molecule has 0 aliphatic carbocycles. The maximum atomic E-state index is 11.7. The smallest absolute Gasteiger partial charge is 0.295 e. The number of anilines is 1. The molecule has 1 heterocycles. The minimum Gasteiger partial charge on any atom is -0.489 e. The monoisotopic (exact) mass is 285 g/mol. The molecule has 0 saturated carbocycles. The van der Waals surface area contributed by atoms with E-state index in [0.29, 0.717) is 45.3 Å². The van der Waals surface area contributed by atoms with Crippen LogP contribution in [0.4, 0.5) is 5.82 Å². The van der Waals surface area contributed by atoms with Crippen molar-refractivity contribution in [3.8, 4) is 5.75 Å². The van der Waals surface area contributed by atoms with E-state index in [1.807, 2.05) is 18.7 Å². The number of nitrogens with one attached hydrogen (secondary N) is 1. The number of aromatic amines is 1. The predicted molar refractivity (Wildman–Crippen MR) is 76.6 cm³/mol. The lowest BCUT2D eigenvalue weighted by Gasteiger charge is -2.24. The molecule has 1 aromatic heterocycles. The maximum absolute atomic E-state index is 11.7. The van der Waals surface area contributed by atoms with E-state index in [9.17, 15) is 4.79 Å². The highest BCUT2D eigenvalue weighted by atomic mass is 16.5. The first-order chi connectivity index (χ1) is 9.74. The van der Waals surface area contributed by atoms with Crippen LogP contribution in [0.25, 0.3) is 0 Å². The van der Waals surface area contributed by atoms with Crippen LogP contribution < -0.4 is 15.2 Å². The second kappa shape index (κ2) is 9.33. The Balaban J connectivity index is 2.84. The average Bonchev–Trinajstić information content (AvgIpc) is 2.46. The molecule has 7 heteroatoms. The SMILES string of the molecule is CCOCCN(CCOCC)c1nc[nH]c(=O)c1OC. The third-order valence-corrected chi connectivity index (χ3v) is 2.71. The summed E-state index contributed by atoms with van der Waals surface area (Å²) in [5.74, 6) is 0.719. The van der Waals surface area contributed by atoms with Crippen molar-refractivity contribution < 1.29 is 14.2 Å². The summed E-state index contributed by atoms with van der Waals surface area (Å²) in [7, 11) is 1.46. The van der Waals surface area contributed by atoms with Crippen LogP contribution in [0.3, 0.4) is 0 Å². The Kier molecular flexibility index (Phi) is 7.67. The summed E-state index contributed by atoms with van der Waals surface area (Å²) in [5.41, 5.74) is -0.296. The Morgan fingerprint density at radius 3 is 2.30 bits per heavy atom. The van der Waals surface area contributed by atoms with Gasteiger partial charge in [0.1, 0.15) is 0 Å². The highest BCUT2D eigenvalue weighted by Crippen LogP contribution is 2.19. The minimum absolute atomic E-state index is 0.209. The van der Waals surface area contributed by atoms with Crippen LogP contribution in [-0.4, -0.2) is 56.6 Å². The first kappa shape index (κ1) is 16.5. The standard InChI is InChI=1S/C13H23N3O4/c1-4-19-8-6-16(7-9-20-5-2)12-11(18-3)13(17)15-10-14-12/h10H,4-9H2,1-3H3,(H,14,15,17). The molecule has 0 atom stereocenters. The molecule has 0 bridgehead atoms. The Morgan fingerprint density at radius 1 is 1.20 bits per heavy atom. The lowest BCUT2D eigenvalue weighted by molar-refractivity contribution is 0.141. The molecule has 20 heavy (non-hydrogen) atoms. The molecule has 0 aliphatic heterocycles. The van der Waals surface area contributed by atoms with Gasteiger partial charge in [-0.2, -0.15) is 0 Å². The summed E-state index contributed by atoms with van der Waals surface area (Å²) in [6.07, 6.45) is 1.37. The third-order valence-electron chi connectivity index (χ3n) is 2.71. The summed E-state index contributed by atoms with van der Waals surface area (Å²) in [5, 5.41) is 0. The highest BCUT2D eigenvalue weighted by molar-refractivity contribution is 5.50. The van der Waals surface area contributed by atoms with Gasteiger partial charge in [-0.15, -0.1) is 0 Å². The van der Waals surface area contributed by atoms with Gasteiger partial charge in [0.25, 0.3) is 5.56 Å². The van der Waals surface area contributed by atoms with E-state index >= 15 is 0 Å². The van der Waals surface area contributed by atoms with Crippen molar-refractivity contribution in [2.45, 2.75) is 13.8 Å². The molecule has 0 saturated heterocycles. The molecular weight excluding hydrogens is 262 g/mol. The summed E-state index contributed by atoms with van der Waals surface area (Å²) in [4.78, 5) is 20.4. The van der Waals surface area contributed by atoms with Crippen molar-refractivity contribution in [2.24, 2.45) is 0 Å². The van der Waals surface area contributed by atoms with Crippen molar-refractivity contribution in [3.63, 3.8) is 0 Å². The van der Waals surface area contributed by atoms with Crippen LogP contribution >= 0.6 is 0 Å². The molecule has 0 radical (unpaired) electrons. The number of methoxy groups -OCH3 is 1. The number of hydrogen-bond donors (Lipinski definition) is 1. The van der Waals surface area contributed by atoms with Crippen LogP contribution in [-0.2, 0) is 9.47 Å². The molecule has 0 aromatic carbocycles. The van der Waals surface area contributed by atoms with E-state index in [1.165, 1.54) is 13.4 Å². The molecule has 0 unspecified atom stereocenters. The average molecular weight is 285 g/mol. The zero-order valence-electron chi connectivity index (χ0n) is 12.3. The van der Waals surface area contributed by atoms with E-state index < -0.39 is 0 Å². The first-order valence-electron chi connectivity index (χ1n) is 6.76. The summed E-state index contributed by atoms with van der Waals surface area (Å²) < 4.78 is 15.9. The molecule has 7 nitrogen and oxygen atoms in total. The molecule has 0 amide bonds. The molecule has 1 aromatic rings. The number of ether oxygens (including phenoxy) is 3. The van der Waals surface area contributed by atoms with Crippen LogP contribution in [0.1, 0.15) is 13.8 Å². The van der Waals surface area contributed by atoms with E-state index in [-0.39, 0.29) is 11.3 Å². The van der Waals surface area contributed by atoms with E-state index in [0.717, 1.165) is 0 Å². The maximum Gasteiger partial charge on any atom is 0.295 e. The number of hydrogen-bond acceptors (Lipinski definition) is 6. The third kappa shape index (κ3) is 4.82. The minimum atomic E-state index is -0.296. The largest absolute Gasteiger partial charge is 0.489 e. The van der Waals surface area contributed by atoms with Crippen LogP contribution in [0.5, 0.6) is 5.75 Å². The Morgan fingerprint density at radius 2 is 1.80 bits per heavy atom. The van der Waals surface area contributed by atoms with E-state index in [1.54, 1.807) is 0 Å². The first-order valence-corrected chi connectivity index (χ1v) is 6.76. The van der Waals surface area contributed by atoms with Crippen molar-refractivity contribution in [3.05, 3.63) is 16.7 Å². The normalized spacial score (nSPS) is 10.6. The van der Waals surface area contributed by atoms with Crippen LogP contribution in [0.15, 0.2) is 11.1 Å². The van der Waals surface area contributed by atoms with E-state index in [2.05, 4.69) is 9.97 Å². The summed E-state index contributed by atoms with van der Waals surface area (Å²) >= 11 is 0. The van der Waals surface area contributed by atoms with Gasteiger partial charge in [0.05, 0.1) is 26.7 Å². The lowest BCUT2D eigenvalue weighted by Crippen LogP contribution is -2.33. The second-order valence-electron chi connectivity index (χ2n) is 3.97. The fourth-order valence-corrected chi connectivity index (χ4v) is 1.75. The Bertz CT molecular complexity index is 426. The second-order valence-corrected chi connectivity index (χ2v) is 3.97. The topological polar surface area (TPSA) is 76.7 Å². The van der Waals surface area contributed by atoms with Gasteiger partial charge in [0.15, 0.2) is 5.82 Å². The van der Waals surface area contributed by atoms with Gasteiger partial charge >= 0.3 is 0 Å². The van der Waals surface area contributed by atoms with Gasteiger partial charge in [-0.05, 0) is 13.8 Å². The summed E-state index contributed by atoms with van der Waals surface area (Å²) in [6, 6.07) is 0. The van der Waals surface area contributed by atoms with Gasteiger partial charge in [0, 0.05) is 26.3 Å². The number of H-pyrrole nitrogens is 1. The molecule has 0 spiro atoms. The van der Waals surface area contributed by atoms with Crippen LogP contribution in [0, 0.1) is 0 Å². The molecule has 0 aliphatic rings. The van der Waals surface area contributed by atoms with Crippen LogP contribution in [0.2, 0.25) is 0 Å². The Labute approximate surface area is 118 Å². The molecular formula is C13H23N3O4. The van der Waals surface area contributed by atoms with E-state index in [4.69, 9.17) is 14.2 Å². The number of aromatic nitrogens is 2. The van der Waals surface area contributed by atoms with Gasteiger partial charge in [-0.25, -0.2) is 4.98 Å². The van der Waals surface area contributed by atoms with Crippen molar-refractivity contribution in [1.29, 1.82) is 0 Å². The molecule has 0 fully saturated rings. The summed E-state index contributed by atoms with van der Waals surface area (Å²) in [6.45, 7) is 7.54. The predicted octanol–water partition coefficient (Wildman–Crippen LogP) is 0.658. The number of nitrogens with zero attached hydrogens (tertiary/aromatic N) is 2. The van der Waals surface area contributed by atoms with Gasteiger partial charge < -0.3 is 24.1 Å². The zero-order valence-corrected chi connectivity index (χ0v) is 12.3. The lowest BCUT2D eigenvalue weighted by atomic mass is 10.4. The van der Waals surface area contributed by atoms with Crippen molar-refractivity contribution in [2.75, 3.05) is 51.5 Å². The molecule has 114 valence electrons. The van der Waals surface area contributed by atoms with Crippen molar-refractivity contribution in [1.82, 2.24) is 9.97 Å². The quantitative estimate of drug-likeness (QED) is 0.636. The zero-order chi connectivity index (χ0) is 14.8. The van der Waals surface area contributed by atoms with Gasteiger partial charge in [-0.3, -0.25) is 4.79 Å². The number of rotatable bonds is 10.